The van der Waals surface area contributed by atoms with Crippen LogP contribution in [-0.4, -0.2) is 4.98 Å². The van der Waals surface area contributed by atoms with E-state index in [1.54, 1.807) is 0 Å². The van der Waals surface area contributed by atoms with Crippen molar-refractivity contribution in [2.45, 2.75) is 26.2 Å². The largest absolute Gasteiger partial charge is 0.261 e. The molecule has 0 atom stereocenters. The summed E-state index contributed by atoms with van der Waals surface area (Å²) in [5.41, 5.74) is 1.21. The van der Waals surface area contributed by atoms with Gasteiger partial charge in [-0.25, -0.2) is 0 Å². The van der Waals surface area contributed by atoms with Crippen molar-refractivity contribution in [3.05, 3.63) is 30.1 Å². The Morgan fingerprint density at radius 2 is 2.18 bits per heavy atom. The second kappa shape index (κ2) is 6.17. The molecule has 1 heterocycles. The third-order valence-electron chi connectivity index (χ3n) is 1.51. The molecule has 0 fully saturated rings. The molecular formula is C9H14ClN. The van der Waals surface area contributed by atoms with Crippen LogP contribution in [0.1, 0.15) is 25.5 Å². The van der Waals surface area contributed by atoms with Crippen molar-refractivity contribution in [1.29, 1.82) is 0 Å². The Morgan fingerprint density at radius 1 is 1.36 bits per heavy atom. The van der Waals surface area contributed by atoms with Crippen molar-refractivity contribution >= 4 is 12.4 Å². The molecule has 62 valence electrons. The first-order valence-corrected chi connectivity index (χ1v) is 3.83. The number of pyridine rings is 1. The lowest BCUT2D eigenvalue weighted by atomic mass is 10.2. The Balaban J connectivity index is 0.000001000. The van der Waals surface area contributed by atoms with E-state index in [0.717, 1.165) is 6.42 Å². The Kier molecular flexibility index (Phi) is 5.86. The number of hydrogen-bond acceptors (Lipinski definition) is 1. The molecule has 0 aliphatic carbocycles. The highest BCUT2D eigenvalue weighted by Gasteiger charge is 1.88. The average molecular weight is 172 g/mol. The monoisotopic (exact) mass is 171 g/mol. The zero-order valence-corrected chi connectivity index (χ0v) is 7.60. The van der Waals surface area contributed by atoms with E-state index in [1.807, 2.05) is 18.3 Å². The van der Waals surface area contributed by atoms with Gasteiger partial charge in [0.15, 0.2) is 0 Å². The summed E-state index contributed by atoms with van der Waals surface area (Å²) in [6, 6.07) is 6.07. The van der Waals surface area contributed by atoms with E-state index in [-0.39, 0.29) is 12.4 Å². The number of halogens is 1. The molecular weight excluding hydrogens is 158 g/mol. The van der Waals surface area contributed by atoms with E-state index in [4.69, 9.17) is 0 Å². The summed E-state index contributed by atoms with van der Waals surface area (Å²) in [5.74, 6) is 0. The zero-order chi connectivity index (χ0) is 7.23. The summed E-state index contributed by atoms with van der Waals surface area (Å²) in [6.07, 6.45) is 5.47. The molecule has 0 unspecified atom stereocenters. The lowest BCUT2D eigenvalue weighted by molar-refractivity contribution is 0.777. The molecule has 11 heavy (non-hydrogen) atoms. The molecule has 0 spiro atoms. The van der Waals surface area contributed by atoms with Crippen LogP contribution < -0.4 is 0 Å². The second-order valence-electron chi connectivity index (χ2n) is 2.42. The number of aromatic nitrogens is 1. The molecule has 0 radical (unpaired) electrons. The first kappa shape index (κ1) is 10.4. The van der Waals surface area contributed by atoms with Crippen molar-refractivity contribution in [3.63, 3.8) is 0 Å². The van der Waals surface area contributed by atoms with Crippen LogP contribution in [0, 0.1) is 0 Å². The fraction of sp³-hybridized carbons (Fsp3) is 0.444. The third kappa shape index (κ3) is 3.99. The zero-order valence-electron chi connectivity index (χ0n) is 6.79. The van der Waals surface area contributed by atoms with Gasteiger partial charge in [-0.2, -0.15) is 0 Å². The van der Waals surface area contributed by atoms with Crippen molar-refractivity contribution in [2.75, 3.05) is 0 Å². The van der Waals surface area contributed by atoms with Gasteiger partial charge in [-0.05, 0) is 25.0 Å². The highest BCUT2D eigenvalue weighted by atomic mass is 35.5. The van der Waals surface area contributed by atoms with Gasteiger partial charge in [0.1, 0.15) is 0 Å². The summed E-state index contributed by atoms with van der Waals surface area (Å²) >= 11 is 0. The molecule has 1 aromatic heterocycles. The predicted molar refractivity (Wildman–Crippen MR) is 50.1 cm³/mol. The first-order chi connectivity index (χ1) is 4.93. The van der Waals surface area contributed by atoms with Crippen LogP contribution in [0.5, 0.6) is 0 Å². The van der Waals surface area contributed by atoms with E-state index in [9.17, 15) is 0 Å². The summed E-state index contributed by atoms with van der Waals surface area (Å²) in [5, 5.41) is 0. The number of aryl methyl sites for hydroxylation is 1. The summed E-state index contributed by atoms with van der Waals surface area (Å²) in [7, 11) is 0. The predicted octanol–water partition coefficient (Wildman–Crippen LogP) is 2.85. The van der Waals surface area contributed by atoms with Gasteiger partial charge in [-0.15, -0.1) is 12.4 Å². The van der Waals surface area contributed by atoms with Gasteiger partial charge < -0.3 is 0 Å². The van der Waals surface area contributed by atoms with Crippen LogP contribution in [0.4, 0.5) is 0 Å². The SMILES string of the molecule is CCCCc1ccccn1.Cl. The van der Waals surface area contributed by atoms with Gasteiger partial charge in [-0.3, -0.25) is 4.98 Å². The minimum absolute atomic E-state index is 0. The van der Waals surface area contributed by atoms with Gasteiger partial charge in [0.25, 0.3) is 0 Å². The van der Waals surface area contributed by atoms with Gasteiger partial charge >= 0.3 is 0 Å². The van der Waals surface area contributed by atoms with Gasteiger partial charge in [-0.1, -0.05) is 19.4 Å². The quantitative estimate of drug-likeness (QED) is 0.682. The van der Waals surface area contributed by atoms with E-state index in [1.165, 1.54) is 18.5 Å². The van der Waals surface area contributed by atoms with Crippen LogP contribution in [0.25, 0.3) is 0 Å². The van der Waals surface area contributed by atoms with E-state index in [0.29, 0.717) is 0 Å². The highest BCUT2D eigenvalue weighted by molar-refractivity contribution is 5.85. The lowest BCUT2D eigenvalue weighted by Gasteiger charge is -1.95. The van der Waals surface area contributed by atoms with Crippen molar-refractivity contribution in [1.82, 2.24) is 4.98 Å². The maximum atomic E-state index is 4.22. The third-order valence-corrected chi connectivity index (χ3v) is 1.51. The molecule has 0 N–H and O–H groups in total. The summed E-state index contributed by atoms with van der Waals surface area (Å²) < 4.78 is 0. The fourth-order valence-corrected chi connectivity index (χ4v) is 0.904. The molecule has 0 saturated heterocycles. The van der Waals surface area contributed by atoms with Crippen LogP contribution in [0.2, 0.25) is 0 Å². The van der Waals surface area contributed by atoms with Crippen LogP contribution in [-0.2, 0) is 6.42 Å². The van der Waals surface area contributed by atoms with E-state index < -0.39 is 0 Å². The topological polar surface area (TPSA) is 12.9 Å². The van der Waals surface area contributed by atoms with E-state index >= 15 is 0 Å². The van der Waals surface area contributed by atoms with Crippen LogP contribution in [0.15, 0.2) is 24.4 Å². The molecule has 0 bridgehead atoms. The van der Waals surface area contributed by atoms with E-state index in [2.05, 4.69) is 18.0 Å². The Bertz CT molecular complexity index is 174. The molecule has 1 nitrogen and oxygen atoms in total. The van der Waals surface area contributed by atoms with Crippen molar-refractivity contribution < 1.29 is 0 Å². The minimum atomic E-state index is 0. The molecule has 0 aromatic carbocycles. The number of nitrogens with zero attached hydrogens (tertiary/aromatic N) is 1. The molecule has 2 heteroatoms. The fourth-order valence-electron chi connectivity index (χ4n) is 0.904. The maximum absolute atomic E-state index is 4.22. The highest BCUT2D eigenvalue weighted by Crippen LogP contribution is 1.99. The molecule has 1 aromatic rings. The molecule has 0 aliphatic heterocycles. The standard InChI is InChI=1S/C9H13N.ClH/c1-2-3-6-9-7-4-5-8-10-9;/h4-5,7-8H,2-3,6H2,1H3;1H. The average Bonchev–Trinajstić information content (AvgIpc) is 2.03. The number of rotatable bonds is 3. The van der Waals surface area contributed by atoms with Gasteiger partial charge in [0.2, 0.25) is 0 Å². The maximum Gasteiger partial charge on any atom is 0.0403 e. The minimum Gasteiger partial charge on any atom is -0.261 e. The van der Waals surface area contributed by atoms with Crippen LogP contribution >= 0.6 is 12.4 Å². The van der Waals surface area contributed by atoms with Gasteiger partial charge in [0, 0.05) is 11.9 Å². The molecule has 0 aliphatic rings. The first-order valence-electron chi connectivity index (χ1n) is 3.83. The second-order valence-corrected chi connectivity index (χ2v) is 2.42. The Labute approximate surface area is 74.3 Å². The normalized spacial score (nSPS) is 8.82. The Morgan fingerprint density at radius 3 is 2.73 bits per heavy atom. The number of unbranched alkanes of at least 4 members (excludes halogenated alkanes) is 1. The smallest absolute Gasteiger partial charge is 0.0403 e. The molecule has 0 saturated carbocycles. The number of hydrogen-bond donors (Lipinski definition) is 0. The molecule has 0 amide bonds. The summed E-state index contributed by atoms with van der Waals surface area (Å²) in [6.45, 7) is 2.20. The van der Waals surface area contributed by atoms with Gasteiger partial charge in [0.05, 0.1) is 0 Å². The lowest BCUT2D eigenvalue weighted by Crippen LogP contribution is -1.86. The van der Waals surface area contributed by atoms with Crippen molar-refractivity contribution in [3.8, 4) is 0 Å². The Hall–Kier alpha value is -0.560. The summed E-state index contributed by atoms with van der Waals surface area (Å²) in [4.78, 5) is 4.22. The van der Waals surface area contributed by atoms with Crippen molar-refractivity contribution in [2.24, 2.45) is 0 Å². The molecule has 1 rings (SSSR count). The van der Waals surface area contributed by atoms with Crippen LogP contribution in [0.3, 0.4) is 0 Å².